The van der Waals surface area contributed by atoms with E-state index in [4.69, 9.17) is 0 Å². The van der Waals surface area contributed by atoms with Gasteiger partial charge in [0.1, 0.15) is 6.54 Å². The van der Waals surface area contributed by atoms with Gasteiger partial charge in [0.15, 0.2) is 0 Å². The van der Waals surface area contributed by atoms with Gasteiger partial charge in [-0.3, -0.25) is 19.2 Å². The summed E-state index contributed by atoms with van der Waals surface area (Å²) in [6.45, 7) is -0.726. The number of nitro benzene ring substituents is 1. The number of hydrogen-bond donors (Lipinski definition) is 1. The SMILES string of the molecule is O=C(CN(c1ccc([N+](=O)[O-])cc1)S(=O)(=O)c1ccccc1)Nc1ccc(C(F)(F)F)cc1. The summed E-state index contributed by atoms with van der Waals surface area (Å²) in [5.41, 5.74) is -1.15. The lowest BCUT2D eigenvalue weighted by Gasteiger charge is -2.24. The smallest absolute Gasteiger partial charge is 0.325 e. The zero-order chi connectivity index (χ0) is 24.2. The zero-order valence-electron chi connectivity index (χ0n) is 16.7. The number of halogens is 3. The Morgan fingerprint density at radius 1 is 0.939 bits per heavy atom. The van der Waals surface area contributed by atoms with Crippen LogP contribution >= 0.6 is 0 Å². The lowest BCUT2D eigenvalue weighted by Crippen LogP contribution is -2.38. The molecule has 0 aliphatic carbocycles. The third-order valence-electron chi connectivity index (χ3n) is 4.46. The fourth-order valence-electron chi connectivity index (χ4n) is 2.85. The molecule has 1 N–H and O–H groups in total. The third kappa shape index (κ3) is 5.66. The van der Waals surface area contributed by atoms with Crippen molar-refractivity contribution in [3.05, 3.63) is 94.5 Å². The van der Waals surface area contributed by atoms with Gasteiger partial charge in [-0.15, -0.1) is 0 Å². The number of nitro groups is 1. The summed E-state index contributed by atoms with van der Waals surface area (Å²) in [5, 5.41) is 13.3. The third-order valence-corrected chi connectivity index (χ3v) is 6.25. The molecule has 0 saturated carbocycles. The Balaban J connectivity index is 1.89. The molecule has 0 aromatic heterocycles. The van der Waals surface area contributed by atoms with Crippen LogP contribution in [0.2, 0.25) is 0 Å². The van der Waals surface area contributed by atoms with Gasteiger partial charge in [-0.1, -0.05) is 18.2 Å². The molecule has 0 heterocycles. The van der Waals surface area contributed by atoms with E-state index in [2.05, 4.69) is 5.32 Å². The number of nitrogens with zero attached hydrogens (tertiary/aromatic N) is 2. The second-order valence-corrected chi connectivity index (χ2v) is 8.58. The number of amides is 1. The number of alkyl halides is 3. The predicted octanol–water partition coefficient (Wildman–Crippen LogP) is 4.45. The van der Waals surface area contributed by atoms with Crippen molar-refractivity contribution in [2.45, 2.75) is 11.1 Å². The van der Waals surface area contributed by atoms with Crippen LogP contribution in [0.3, 0.4) is 0 Å². The molecule has 3 rings (SSSR count). The highest BCUT2D eigenvalue weighted by Gasteiger charge is 2.30. The quantitative estimate of drug-likeness (QED) is 0.398. The normalized spacial score (nSPS) is 11.6. The molecule has 3 aromatic carbocycles. The Hall–Kier alpha value is -3.93. The molecule has 0 radical (unpaired) electrons. The van der Waals surface area contributed by atoms with Gasteiger partial charge in [-0.25, -0.2) is 8.42 Å². The first-order valence-corrected chi connectivity index (χ1v) is 10.7. The maximum Gasteiger partial charge on any atom is 0.416 e. The summed E-state index contributed by atoms with van der Waals surface area (Å²) in [6, 6.07) is 15.4. The molecule has 3 aromatic rings. The van der Waals surface area contributed by atoms with Crippen molar-refractivity contribution in [2.75, 3.05) is 16.2 Å². The van der Waals surface area contributed by atoms with Crippen LogP contribution in [0.4, 0.5) is 30.2 Å². The molecule has 0 spiro atoms. The molecule has 0 saturated heterocycles. The van der Waals surface area contributed by atoms with Crippen LogP contribution in [0.15, 0.2) is 83.8 Å². The predicted molar refractivity (Wildman–Crippen MR) is 114 cm³/mol. The van der Waals surface area contributed by atoms with Crippen molar-refractivity contribution in [1.29, 1.82) is 0 Å². The molecule has 0 atom stereocenters. The van der Waals surface area contributed by atoms with Crippen molar-refractivity contribution < 1.29 is 31.3 Å². The van der Waals surface area contributed by atoms with Gasteiger partial charge in [-0.05, 0) is 48.5 Å². The fraction of sp³-hybridized carbons (Fsp3) is 0.0952. The number of carbonyl (C=O) groups excluding carboxylic acids is 1. The molecule has 12 heteroatoms. The standard InChI is InChI=1S/C21H16F3N3O5S/c22-21(23,24)15-6-8-16(9-7-15)25-20(28)14-26(17-10-12-18(13-11-17)27(29)30)33(31,32)19-4-2-1-3-5-19/h1-13H,14H2,(H,25,28). The Morgan fingerprint density at radius 2 is 1.52 bits per heavy atom. The number of sulfonamides is 1. The monoisotopic (exact) mass is 479 g/mol. The molecular weight excluding hydrogens is 463 g/mol. The highest BCUT2D eigenvalue weighted by Crippen LogP contribution is 2.30. The van der Waals surface area contributed by atoms with E-state index in [1.165, 1.54) is 36.4 Å². The van der Waals surface area contributed by atoms with Gasteiger partial charge >= 0.3 is 6.18 Å². The average molecular weight is 479 g/mol. The highest BCUT2D eigenvalue weighted by atomic mass is 32.2. The molecule has 172 valence electrons. The molecule has 0 unspecified atom stereocenters. The second kappa shape index (κ2) is 9.28. The van der Waals surface area contributed by atoms with Crippen LogP contribution in [0, 0.1) is 10.1 Å². The fourth-order valence-corrected chi connectivity index (χ4v) is 4.29. The zero-order valence-corrected chi connectivity index (χ0v) is 17.5. The Labute approximate surface area is 186 Å². The highest BCUT2D eigenvalue weighted by molar-refractivity contribution is 7.92. The molecule has 1 amide bonds. The minimum Gasteiger partial charge on any atom is -0.325 e. The van der Waals surface area contributed by atoms with E-state index in [0.29, 0.717) is 0 Å². The van der Waals surface area contributed by atoms with E-state index >= 15 is 0 Å². The van der Waals surface area contributed by atoms with Crippen molar-refractivity contribution in [1.82, 2.24) is 0 Å². The van der Waals surface area contributed by atoms with Crippen LogP contribution in [0.25, 0.3) is 0 Å². The first-order valence-electron chi connectivity index (χ1n) is 9.28. The first kappa shape index (κ1) is 23.7. The van der Waals surface area contributed by atoms with Crippen LogP contribution in [-0.4, -0.2) is 25.8 Å². The summed E-state index contributed by atoms with van der Waals surface area (Å²) >= 11 is 0. The van der Waals surface area contributed by atoms with Gasteiger partial charge in [0.2, 0.25) is 5.91 Å². The molecule has 0 aliphatic rings. The van der Waals surface area contributed by atoms with Gasteiger partial charge in [0, 0.05) is 17.8 Å². The minimum atomic E-state index is -4.54. The maximum atomic E-state index is 13.2. The maximum absolute atomic E-state index is 13.2. The van der Waals surface area contributed by atoms with E-state index in [0.717, 1.165) is 40.7 Å². The summed E-state index contributed by atoms with van der Waals surface area (Å²) in [4.78, 5) is 22.7. The van der Waals surface area contributed by atoms with Crippen molar-refractivity contribution in [3.63, 3.8) is 0 Å². The van der Waals surface area contributed by atoms with Crippen LogP contribution in [0.5, 0.6) is 0 Å². The number of benzene rings is 3. The van der Waals surface area contributed by atoms with E-state index in [9.17, 15) is 36.5 Å². The molecule has 0 fully saturated rings. The molecule has 0 aliphatic heterocycles. The second-order valence-electron chi connectivity index (χ2n) is 6.72. The lowest BCUT2D eigenvalue weighted by atomic mass is 10.2. The molecular formula is C21H16F3N3O5S. The van der Waals surface area contributed by atoms with Gasteiger partial charge in [0.05, 0.1) is 21.1 Å². The summed E-state index contributed by atoms with van der Waals surface area (Å²) < 4.78 is 65.2. The summed E-state index contributed by atoms with van der Waals surface area (Å²) in [6.07, 6.45) is -4.54. The minimum absolute atomic E-state index is 0.00739. The van der Waals surface area contributed by atoms with E-state index in [1.54, 1.807) is 6.07 Å². The summed E-state index contributed by atoms with van der Waals surface area (Å²) in [7, 11) is -4.25. The number of nitrogens with one attached hydrogen (secondary N) is 1. The van der Waals surface area contributed by atoms with Crippen LogP contribution < -0.4 is 9.62 Å². The Morgan fingerprint density at radius 3 is 2.03 bits per heavy atom. The summed E-state index contributed by atoms with van der Waals surface area (Å²) in [5.74, 6) is -0.826. The first-order chi connectivity index (χ1) is 15.5. The number of hydrogen-bond acceptors (Lipinski definition) is 5. The Kier molecular flexibility index (Phi) is 6.68. The van der Waals surface area contributed by atoms with Gasteiger partial charge < -0.3 is 5.32 Å². The van der Waals surface area contributed by atoms with Gasteiger partial charge in [0.25, 0.3) is 15.7 Å². The van der Waals surface area contributed by atoms with Crippen molar-refractivity contribution in [3.8, 4) is 0 Å². The number of non-ortho nitro benzene ring substituents is 1. The molecule has 33 heavy (non-hydrogen) atoms. The number of carbonyl (C=O) groups is 1. The largest absolute Gasteiger partial charge is 0.416 e. The van der Waals surface area contributed by atoms with Gasteiger partial charge in [-0.2, -0.15) is 13.2 Å². The molecule has 8 nitrogen and oxygen atoms in total. The number of anilines is 2. The lowest BCUT2D eigenvalue weighted by molar-refractivity contribution is -0.384. The number of rotatable bonds is 7. The van der Waals surface area contributed by atoms with Crippen molar-refractivity contribution >= 4 is 33.0 Å². The van der Waals surface area contributed by atoms with Crippen molar-refractivity contribution in [2.24, 2.45) is 0 Å². The van der Waals surface area contributed by atoms with E-state index in [-0.39, 0.29) is 22.0 Å². The topological polar surface area (TPSA) is 110 Å². The Bertz CT molecular complexity index is 1250. The van der Waals surface area contributed by atoms with E-state index in [1.807, 2.05) is 0 Å². The van der Waals surface area contributed by atoms with Crippen LogP contribution in [-0.2, 0) is 21.0 Å². The van der Waals surface area contributed by atoms with E-state index < -0.39 is 39.1 Å². The van der Waals surface area contributed by atoms with Crippen LogP contribution in [0.1, 0.15) is 5.56 Å². The average Bonchev–Trinajstić information content (AvgIpc) is 2.78. The molecule has 0 bridgehead atoms.